The molecule has 0 aromatic rings. The Morgan fingerprint density at radius 3 is 2.89 bits per heavy atom. The van der Waals surface area contributed by atoms with Crippen LogP contribution < -0.4 is 5.73 Å². The summed E-state index contributed by atoms with van der Waals surface area (Å²) in [6, 6.07) is -0.527. The molecule has 4 heteroatoms. The summed E-state index contributed by atoms with van der Waals surface area (Å²) in [6.45, 7) is 1.79. The maximum absolute atomic E-state index is 10.5. The highest BCUT2D eigenvalue weighted by Gasteiger charge is 2.10. The zero-order valence-corrected chi connectivity index (χ0v) is 5.24. The molecule has 50 valence electrons. The molecular weight excluding hydrogens is 118 g/mol. The number of nitrogens with two attached hydrogens (primary N) is 1. The van der Waals surface area contributed by atoms with Crippen molar-refractivity contribution in [2.75, 3.05) is 0 Å². The van der Waals surface area contributed by atoms with Gasteiger partial charge < -0.3 is 11.3 Å². The van der Waals surface area contributed by atoms with E-state index in [9.17, 15) is 4.79 Å². The Morgan fingerprint density at radius 2 is 2.56 bits per heavy atom. The zero-order chi connectivity index (χ0) is 7.28. The van der Waals surface area contributed by atoms with E-state index in [2.05, 4.69) is 4.79 Å². The first kappa shape index (κ1) is 8.01. The van der Waals surface area contributed by atoms with Gasteiger partial charge in [0.2, 0.25) is 0 Å². The second kappa shape index (κ2) is 3.95. The van der Waals surface area contributed by atoms with Crippen molar-refractivity contribution in [1.29, 1.82) is 0 Å². The average Bonchev–Trinajstić information content (AvgIpc) is 1.87. The summed E-state index contributed by atoms with van der Waals surface area (Å²) in [4.78, 5) is 13.1. The molecule has 0 amide bonds. The van der Waals surface area contributed by atoms with Gasteiger partial charge in [-0.1, -0.05) is 6.92 Å². The van der Waals surface area contributed by atoms with Crippen LogP contribution in [-0.4, -0.2) is 22.8 Å². The summed E-state index contributed by atoms with van der Waals surface area (Å²) in [7, 11) is 0. The van der Waals surface area contributed by atoms with Crippen molar-refractivity contribution in [3.63, 3.8) is 0 Å². The standard InChI is InChI=1S/C5H9N3O/c1-2-4(6)5(9)3-8-7/h3-4H,2,6H2,1H3. The Morgan fingerprint density at radius 1 is 2.00 bits per heavy atom. The molecule has 2 N–H and O–H groups in total. The van der Waals surface area contributed by atoms with Gasteiger partial charge >= 0.3 is 6.21 Å². The van der Waals surface area contributed by atoms with Crippen LogP contribution in [0, 0.1) is 0 Å². The van der Waals surface area contributed by atoms with Crippen molar-refractivity contribution in [2.45, 2.75) is 19.4 Å². The second-order valence-electron chi connectivity index (χ2n) is 1.66. The quantitative estimate of drug-likeness (QED) is 0.318. The van der Waals surface area contributed by atoms with Crippen LogP contribution in [0.25, 0.3) is 5.53 Å². The fourth-order valence-corrected chi connectivity index (χ4v) is 0.354. The van der Waals surface area contributed by atoms with Crippen molar-refractivity contribution < 1.29 is 9.58 Å². The predicted octanol–water partition coefficient (Wildman–Crippen LogP) is -0.407. The van der Waals surface area contributed by atoms with Crippen LogP contribution in [0.5, 0.6) is 0 Å². The molecule has 0 radical (unpaired) electrons. The fourth-order valence-electron chi connectivity index (χ4n) is 0.354. The Kier molecular flexibility index (Phi) is 3.51. The molecule has 0 saturated heterocycles. The lowest BCUT2D eigenvalue weighted by atomic mass is 10.2. The van der Waals surface area contributed by atoms with Crippen LogP contribution in [0.3, 0.4) is 0 Å². The van der Waals surface area contributed by atoms with Crippen LogP contribution in [0.1, 0.15) is 13.3 Å². The van der Waals surface area contributed by atoms with Crippen LogP contribution in [0.2, 0.25) is 0 Å². The summed E-state index contributed by atoms with van der Waals surface area (Å²) in [6.07, 6.45) is 1.37. The van der Waals surface area contributed by atoms with Crippen molar-refractivity contribution in [3.05, 3.63) is 5.53 Å². The largest absolute Gasteiger partial charge is 0.361 e. The molecule has 0 aliphatic rings. The van der Waals surface area contributed by atoms with Crippen molar-refractivity contribution in [2.24, 2.45) is 5.73 Å². The van der Waals surface area contributed by atoms with Gasteiger partial charge in [0.05, 0.1) is 6.04 Å². The van der Waals surface area contributed by atoms with Crippen molar-refractivity contribution in [1.82, 2.24) is 0 Å². The van der Waals surface area contributed by atoms with Gasteiger partial charge in [-0.3, -0.25) is 4.79 Å². The monoisotopic (exact) mass is 127 g/mol. The number of carbonyl (C=O) groups is 1. The predicted molar refractivity (Wildman–Crippen MR) is 33.0 cm³/mol. The number of carbonyl (C=O) groups excluding carboxylic acids is 1. The molecule has 0 aromatic heterocycles. The van der Waals surface area contributed by atoms with Gasteiger partial charge in [0.1, 0.15) is 0 Å². The van der Waals surface area contributed by atoms with Crippen LogP contribution in [-0.2, 0) is 4.79 Å². The first-order valence-corrected chi connectivity index (χ1v) is 2.69. The van der Waals surface area contributed by atoms with Gasteiger partial charge in [-0.15, -0.1) is 0 Å². The van der Waals surface area contributed by atoms with E-state index in [0.29, 0.717) is 6.42 Å². The summed E-state index contributed by atoms with van der Waals surface area (Å²) in [5, 5.41) is 0. The summed E-state index contributed by atoms with van der Waals surface area (Å²) in [5.41, 5.74) is 13.1. The maximum Gasteiger partial charge on any atom is 0.324 e. The molecule has 1 atom stereocenters. The zero-order valence-electron chi connectivity index (χ0n) is 5.24. The summed E-state index contributed by atoms with van der Waals surface area (Å²) < 4.78 is 0. The lowest BCUT2D eigenvalue weighted by Gasteiger charge is -1.96. The number of hydrogen-bond acceptors (Lipinski definition) is 2. The first-order valence-electron chi connectivity index (χ1n) is 2.69. The van der Waals surface area contributed by atoms with E-state index in [4.69, 9.17) is 11.3 Å². The van der Waals surface area contributed by atoms with E-state index in [1.165, 1.54) is 0 Å². The summed E-state index contributed by atoms with van der Waals surface area (Å²) in [5.74, 6) is -0.347. The molecule has 0 aromatic carbocycles. The van der Waals surface area contributed by atoms with Gasteiger partial charge in [0.25, 0.3) is 5.78 Å². The van der Waals surface area contributed by atoms with Gasteiger partial charge in [0, 0.05) is 0 Å². The number of hydrogen-bond donors (Lipinski definition) is 1. The number of rotatable bonds is 3. The summed E-state index contributed by atoms with van der Waals surface area (Å²) >= 11 is 0. The molecule has 4 nitrogen and oxygen atoms in total. The highest BCUT2D eigenvalue weighted by Crippen LogP contribution is 1.83. The van der Waals surface area contributed by atoms with Crippen molar-refractivity contribution in [3.8, 4) is 0 Å². The highest BCUT2D eigenvalue weighted by molar-refractivity contribution is 6.27. The molecule has 9 heavy (non-hydrogen) atoms. The third-order valence-corrected chi connectivity index (χ3v) is 0.990. The smallest absolute Gasteiger partial charge is 0.324 e. The van der Waals surface area contributed by atoms with Gasteiger partial charge in [-0.05, 0) is 6.42 Å². The number of ketones is 1. The van der Waals surface area contributed by atoms with Gasteiger partial charge in [-0.2, -0.15) is 4.79 Å². The minimum atomic E-state index is -0.527. The van der Waals surface area contributed by atoms with E-state index in [-0.39, 0.29) is 5.78 Å². The molecule has 0 saturated carbocycles. The highest BCUT2D eigenvalue weighted by atomic mass is 16.1. The second-order valence-corrected chi connectivity index (χ2v) is 1.66. The van der Waals surface area contributed by atoms with E-state index < -0.39 is 6.04 Å². The van der Waals surface area contributed by atoms with Crippen LogP contribution in [0.15, 0.2) is 0 Å². The third kappa shape index (κ3) is 2.74. The first-order chi connectivity index (χ1) is 4.22. The molecule has 0 fully saturated rings. The van der Waals surface area contributed by atoms with E-state index >= 15 is 0 Å². The topological polar surface area (TPSA) is 79.5 Å². The molecule has 0 bridgehead atoms. The molecule has 0 aliphatic carbocycles. The molecule has 0 aliphatic heterocycles. The molecule has 0 rings (SSSR count). The Hall–Kier alpha value is -0.990. The average molecular weight is 127 g/mol. The Labute approximate surface area is 53.3 Å². The van der Waals surface area contributed by atoms with E-state index in [1.807, 2.05) is 0 Å². The van der Waals surface area contributed by atoms with E-state index in [1.54, 1.807) is 6.92 Å². The lowest BCUT2D eigenvalue weighted by molar-refractivity contribution is -0.117. The fraction of sp³-hybridized carbons (Fsp3) is 0.600. The molecule has 0 spiro atoms. The molecular formula is C5H9N3O. The van der Waals surface area contributed by atoms with Crippen molar-refractivity contribution >= 4 is 12.0 Å². The third-order valence-electron chi connectivity index (χ3n) is 0.990. The molecule has 1 unspecified atom stereocenters. The van der Waals surface area contributed by atoms with E-state index in [0.717, 1.165) is 6.21 Å². The van der Waals surface area contributed by atoms with Crippen LogP contribution in [0.4, 0.5) is 0 Å². The van der Waals surface area contributed by atoms with Gasteiger partial charge in [-0.25, -0.2) is 0 Å². The minimum Gasteiger partial charge on any atom is -0.361 e. The normalized spacial score (nSPS) is 11.8. The minimum absolute atomic E-state index is 0.347. The Bertz CT molecular complexity index is 148. The maximum atomic E-state index is 10.5. The molecule has 0 heterocycles. The Balaban J connectivity index is 3.87. The van der Waals surface area contributed by atoms with Crippen LogP contribution >= 0.6 is 0 Å². The SMILES string of the molecule is CCC(N)C(=O)C=[N+]=[N-]. The number of nitrogens with zero attached hydrogens (tertiary/aromatic N) is 2. The van der Waals surface area contributed by atoms with Gasteiger partial charge in [0.15, 0.2) is 0 Å². The lowest BCUT2D eigenvalue weighted by Crippen LogP contribution is -2.30. The number of Topliss-reactive ketones (excluding diaryl/α,β-unsaturated/α-hetero) is 1.